The molecule has 0 aromatic carbocycles. The number of ether oxygens (including phenoxy) is 1. The Morgan fingerprint density at radius 3 is 2.47 bits per heavy atom. The minimum atomic E-state index is -0.0571. The minimum absolute atomic E-state index is 0. The summed E-state index contributed by atoms with van der Waals surface area (Å²) in [5.74, 6) is 0.694. The molecule has 112 valence electrons. The van der Waals surface area contributed by atoms with Crippen LogP contribution in [0.3, 0.4) is 0 Å². The highest BCUT2D eigenvalue weighted by atomic mass is 35.5. The van der Waals surface area contributed by atoms with Crippen molar-refractivity contribution < 1.29 is 9.53 Å². The highest BCUT2D eigenvalue weighted by Gasteiger charge is 2.29. The van der Waals surface area contributed by atoms with Gasteiger partial charge in [-0.3, -0.25) is 9.69 Å². The summed E-state index contributed by atoms with van der Waals surface area (Å²) in [5.41, 5.74) is 0. The maximum atomic E-state index is 11.7. The van der Waals surface area contributed by atoms with Crippen molar-refractivity contribution in [3.63, 3.8) is 0 Å². The molecule has 19 heavy (non-hydrogen) atoms. The number of nitrogens with zero attached hydrogens (tertiary/aromatic N) is 1. The van der Waals surface area contributed by atoms with Crippen LogP contribution < -0.4 is 5.32 Å². The summed E-state index contributed by atoms with van der Waals surface area (Å²) in [5, 5.41) is 3.40. The Kier molecular flexibility index (Phi) is 7.73. The Morgan fingerprint density at radius 2 is 1.95 bits per heavy atom. The van der Waals surface area contributed by atoms with Gasteiger partial charge in [0.25, 0.3) is 0 Å². The number of carbonyl (C=O) groups excluding carboxylic acids is 1. The Balaban J connectivity index is 0.00000180. The van der Waals surface area contributed by atoms with Crippen LogP contribution in [0.25, 0.3) is 0 Å². The summed E-state index contributed by atoms with van der Waals surface area (Å²) in [6.07, 6.45) is 6.31. The van der Waals surface area contributed by atoms with Gasteiger partial charge in [0.2, 0.25) is 0 Å². The normalized spacial score (nSPS) is 20.7. The van der Waals surface area contributed by atoms with E-state index in [2.05, 4.69) is 10.2 Å². The molecular formula is C14H27ClN2O2. The number of esters is 1. The van der Waals surface area contributed by atoms with Crippen LogP contribution in [0.1, 0.15) is 39.0 Å². The monoisotopic (exact) mass is 290 g/mol. The van der Waals surface area contributed by atoms with Crippen LogP contribution in [0, 0.1) is 5.92 Å². The number of piperidine rings is 1. The van der Waals surface area contributed by atoms with Crippen LogP contribution in [0.4, 0.5) is 0 Å². The number of nitrogens with one attached hydrogen (secondary N) is 1. The highest BCUT2D eigenvalue weighted by molar-refractivity contribution is 5.85. The van der Waals surface area contributed by atoms with Gasteiger partial charge in [0.05, 0.1) is 13.2 Å². The lowest BCUT2D eigenvalue weighted by atomic mass is 9.89. The lowest BCUT2D eigenvalue weighted by Gasteiger charge is -2.39. The number of carbonyl (C=O) groups is 1. The smallest absolute Gasteiger partial charge is 0.320 e. The molecule has 0 atom stereocenters. The minimum Gasteiger partial charge on any atom is -0.465 e. The van der Waals surface area contributed by atoms with Gasteiger partial charge in [-0.15, -0.1) is 12.4 Å². The SMILES string of the molecule is CCOC(=O)CN(CC1CCNCC1)C1CCC1.Cl. The molecule has 0 radical (unpaired) electrons. The molecule has 0 aromatic heterocycles. The molecule has 0 aromatic rings. The molecule has 0 amide bonds. The van der Waals surface area contributed by atoms with Crippen molar-refractivity contribution in [1.29, 1.82) is 0 Å². The molecular weight excluding hydrogens is 264 g/mol. The zero-order chi connectivity index (χ0) is 12.8. The van der Waals surface area contributed by atoms with E-state index < -0.39 is 0 Å². The summed E-state index contributed by atoms with van der Waals surface area (Å²) in [4.78, 5) is 14.0. The summed E-state index contributed by atoms with van der Waals surface area (Å²) in [7, 11) is 0. The van der Waals surface area contributed by atoms with Gasteiger partial charge >= 0.3 is 5.97 Å². The molecule has 1 N–H and O–H groups in total. The summed E-state index contributed by atoms with van der Waals surface area (Å²) < 4.78 is 5.09. The lowest BCUT2D eigenvalue weighted by Crippen LogP contribution is -2.47. The largest absolute Gasteiger partial charge is 0.465 e. The fraction of sp³-hybridized carbons (Fsp3) is 0.929. The maximum Gasteiger partial charge on any atom is 0.320 e. The second-order valence-electron chi connectivity index (χ2n) is 5.51. The molecule has 0 bridgehead atoms. The third-order valence-corrected chi connectivity index (χ3v) is 4.18. The second kappa shape index (κ2) is 8.77. The average Bonchev–Trinajstić information content (AvgIpc) is 2.28. The van der Waals surface area contributed by atoms with Crippen LogP contribution in [0.15, 0.2) is 0 Å². The molecule has 1 heterocycles. The van der Waals surface area contributed by atoms with Gasteiger partial charge in [0.15, 0.2) is 0 Å². The molecule has 4 nitrogen and oxygen atoms in total. The first-order chi connectivity index (χ1) is 8.79. The number of rotatable bonds is 6. The predicted octanol–water partition coefficient (Wildman–Crippen LogP) is 1.83. The van der Waals surface area contributed by atoms with E-state index >= 15 is 0 Å². The maximum absolute atomic E-state index is 11.7. The lowest BCUT2D eigenvalue weighted by molar-refractivity contribution is -0.145. The molecule has 1 aliphatic heterocycles. The average molecular weight is 291 g/mol. The quantitative estimate of drug-likeness (QED) is 0.758. The van der Waals surface area contributed by atoms with Gasteiger partial charge in [0.1, 0.15) is 0 Å². The molecule has 0 unspecified atom stereocenters. The van der Waals surface area contributed by atoms with Crippen molar-refractivity contribution in [2.75, 3.05) is 32.8 Å². The van der Waals surface area contributed by atoms with Crippen molar-refractivity contribution >= 4 is 18.4 Å². The Hall–Kier alpha value is -0.320. The van der Waals surface area contributed by atoms with Gasteiger partial charge in [-0.25, -0.2) is 0 Å². The first kappa shape index (κ1) is 16.7. The van der Waals surface area contributed by atoms with Crippen molar-refractivity contribution in [3.8, 4) is 0 Å². The topological polar surface area (TPSA) is 41.6 Å². The molecule has 1 aliphatic carbocycles. The van der Waals surface area contributed by atoms with Crippen LogP contribution in [0.2, 0.25) is 0 Å². The third kappa shape index (κ3) is 5.28. The van der Waals surface area contributed by atoms with E-state index in [4.69, 9.17) is 4.74 Å². The van der Waals surface area contributed by atoms with E-state index in [1.54, 1.807) is 0 Å². The van der Waals surface area contributed by atoms with Gasteiger partial charge in [-0.1, -0.05) is 6.42 Å². The summed E-state index contributed by atoms with van der Waals surface area (Å²) in [6.45, 7) is 6.18. The van der Waals surface area contributed by atoms with Crippen LogP contribution in [0.5, 0.6) is 0 Å². The first-order valence-electron chi connectivity index (χ1n) is 7.40. The van der Waals surface area contributed by atoms with E-state index in [-0.39, 0.29) is 18.4 Å². The molecule has 2 aliphatic rings. The Bertz CT molecular complexity index is 266. The van der Waals surface area contributed by atoms with Crippen molar-refractivity contribution in [2.24, 2.45) is 5.92 Å². The molecule has 1 saturated carbocycles. The van der Waals surface area contributed by atoms with Crippen molar-refractivity contribution in [3.05, 3.63) is 0 Å². The van der Waals surface area contributed by atoms with Crippen molar-refractivity contribution in [1.82, 2.24) is 10.2 Å². The predicted molar refractivity (Wildman–Crippen MR) is 78.7 cm³/mol. The fourth-order valence-electron chi connectivity index (χ4n) is 2.86. The van der Waals surface area contributed by atoms with E-state index in [1.165, 1.54) is 32.1 Å². The van der Waals surface area contributed by atoms with Crippen molar-refractivity contribution in [2.45, 2.75) is 45.1 Å². The first-order valence-corrected chi connectivity index (χ1v) is 7.40. The molecule has 2 rings (SSSR count). The summed E-state index contributed by atoms with van der Waals surface area (Å²) >= 11 is 0. The fourth-order valence-corrected chi connectivity index (χ4v) is 2.86. The summed E-state index contributed by atoms with van der Waals surface area (Å²) in [6, 6.07) is 0.629. The molecule has 0 spiro atoms. The van der Waals surface area contributed by atoms with E-state index in [9.17, 15) is 4.79 Å². The van der Waals surface area contributed by atoms with Gasteiger partial charge in [-0.2, -0.15) is 0 Å². The van der Waals surface area contributed by atoms with E-state index in [0.717, 1.165) is 25.6 Å². The number of halogens is 1. The molecule has 2 fully saturated rings. The number of hydrogen-bond acceptors (Lipinski definition) is 4. The highest BCUT2D eigenvalue weighted by Crippen LogP contribution is 2.26. The van der Waals surface area contributed by atoms with E-state index in [0.29, 0.717) is 19.2 Å². The zero-order valence-electron chi connectivity index (χ0n) is 11.9. The standard InChI is InChI=1S/C14H26N2O2.ClH/c1-2-18-14(17)11-16(13-4-3-5-13)10-12-6-8-15-9-7-12;/h12-13,15H,2-11H2,1H3;1H. The van der Waals surface area contributed by atoms with Crippen LogP contribution in [-0.2, 0) is 9.53 Å². The van der Waals surface area contributed by atoms with E-state index in [1.807, 2.05) is 6.92 Å². The molecule has 1 saturated heterocycles. The van der Waals surface area contributed by atoms with Crippen LogP contribution >= 0.6 is 12.4 Å². The Labute approximate surface area is 122 Å². The van der Waals surface area contributed by atoms with Crippen LogP contribution in [-0.4, -0.2) is 49.7 Å². The third-order valence-electron chi connectivity index (χ3n) is 4.18. The van der Waals surface area contributed by atoms with Gasteiger partial charge < -0.3 is 10.1 Å². The van der Waals surface area contributed by atoms with Gasteiger partial charge in [-0.05, 0) is 51.6 Å². The van der Waals surface area contributed by atoms with Gasteiger partial charge in [0, 0.05) is 12.6 Å². The zero-order valence-corrected chi connectivity index (χ0v) is 12.7. The second-order valence-corrected chi connectivity index (χ2v) is 5.51. The molecule has 5 heteroatoms. The number of hydrogen-bond donors (Lipinski definition) is 1. The Morgan fingerprint density at radius 1 is 1.26 bits per heavy atom.